The molecule has 0 spiro atoms. The van der Waals surface area contributed by atoms with Crippen molar-refractivity contribution in [3.63, 3.8) is 0 Å². The van der Waals surface area contributed by atoms with Crippen molar-refractivity contribution in [3.8, 4) is 11.3 Å². The molecule has 3 aromatic rings. The van der Waals surface area contributed by atoms with Crippen molar-refractivity contribution < 1.29 is 0 Å². The van der Waals surface area contributed by atoms with E-state index in [0.29, 0.717) is 0 Å². The van der Waals surface area contributed by atoms with Crippen LogP contribution in [-0.2, 0) is 13.5 Å². The van der Waals surface area contributed by atoms with Gasteiger partial charge in [0.15, 0.2) is 5.82 Å². The minimum absolute atomic E-state index is 0.751. The first kappa shape index (κ1) is 25.0. The lowest BCUT2D eigenvalue weighted by Crippen LogP contribution is -2.04. The van der Waals surface area contributed by atoms with E-state index in [1.807, 2.05) is 75.4 Å². The van der Waals surface area contributed by atoms with Gasteiger partial charge in [0.25, 0.3) is 0 Å². The zero-order valence-corrected chi connectivity index (χ0v) is 19.6. The number of imidazole rings is 1. The molecular weight excluding hydrogens is 370 g/mol. The summed E-state index contributed by atoms with van der Waals surface area (Å²) in [5.41, 5.74) is 5.04. The number of allylic oxidation sites excluding steroid dienone is 1. The molecular formula is C25H37N5. The standard InChI is InChI=1S/C20H23N5.C3H8.C2H6/c1-5-10-25-19(17-12-22-24(4)14-17)13-21-20(25)15(3)23-18-9-7-8-16(6-2)11-18;1-3-2;1-2/h5,7-14,23H,3,6H2,1-2,4H3;3H2,1-2H3;1-2H3/b10-5-;;. The van der Waals surface area contributed by atoms with Gasteiger partial charge in [0.2, 0.25) is 0 Å². The van der Waals surface area contributed by atoms with Crippen LogP contribution in [0.25, 0.3) is 23.2 Å². The fraction of sp³-hybridized carbons (Fsp3) is 0.360. The van der Waals surface area contributed by atoms with Gasteiger partial charge >= 0.3 is 0 Å². The van der Waals surface area contributed by atoms with E-state index in [1.54, 1.807) is 4.68 Å². The summed E-state index contributed by atoms with van der Waals surface area (Å²) in [6.07, 6.45) is 11.9. The van der Waals surface area contributed by atoms with Gasteiger partial charge in [-0.1, -0.05) is 65.8 Å². The summed E-state index contributed by atoms with van der Waals surface area (Å²) in [5.74, 6) is 0.777. The molecule has 5 heteroatoms. The molecule has 1 N–H and O–H groups in total. The SMILES string of the molecule is C=C(Nc1cccc(CC)c1)c1ncc(-c2cnn(C)c2)n1/C=C\C.CC.CCC. The van der Waals surface area contributed by atoms with Crippen molar-refractivity contribution >= 4 is 17.6 Å². The highest BCUT2D eigenvalue weighted by atomic mass is 15.2. The number of hydrogen-bond donors (Lipinski definition) is 1. The van der Waals surface area contributed by atoms with Crippen LogP contribution in [0.15, 0.2) is 55.5 Å². The Balaban J connectivity index is 0.000000826. The third kappa shape index (κ3) is 6.76. The van der Waals surface area contributed by atoms with E-state index in [-0.39, 0.29) is 0 Å². The Morgan fingerprint density at radius 2 is 1.87 bits per heavy atom. The molecule has 0 aliphatic heterocycles. The molecule has 0 bridgehead atoms. The first-order chi connectivity index (χ1) is 14.5. The molecule has 0 radical (unpaired) electrons. The Labute approximate surface area is 182 Å². The van der Waals surface area contributed by atoms with Gasteiger partial charge in [0, 0.05) is 30.7 Å². The molecule has 0 atom stereocenters. The summed E-state index contributed by atoms with van der Waals surface area (Å²) >= 11 is 0. The summed E-state index contributed by atoms with van der Waals surface area (Å²) < 4.78 is 3.81. The maximum Gasteiger partial charge on any atom is 0.160 e. The number of rotatable bonds is 6. The van der Waals surface area contributed by atoms with Gasteiger partial charge in [-0.25, -0.2) is 4.98 Å². The Morgan fingerprint density at radius 1 is 1.17 bits per heavy atom. The summed E-state index contributed by atoms with van der Waals surface area (Å²) in [4.78, 5) is 4.57. The molecule has 2 heterocycles. The van der Waals surface area contributed by atoms with Crippen LogP contribution in [0.3, 0.4) is 0 Å². The van der Waals surface area contributed by atoms with E-state index in [0.717, 1.165) is 34.9 Å². The zero-order chi connectivity index (χ0) is 22.5. The van der Waals surface area contributed by atoms with Crippen molar-refractivity contribution in [1.29, 1.82) is 0 Å². The van der Waals surface area contributed by atoms with E-state index in [4.69, 9.17) is 0 Å². The first-order valence-electron chi connectivity index (χ1n) is 10.8. The number of nitrogens with one attached hydrogen (secondary N) is 1. The summed E-state index contributed by atoms with van der Waals surface area (Å²) in [7, 11) is 1.90. The minimum atomic E-state index is 0.751. The van der Waals surface area contributed by atoms with Crippen LogP contribution in [-0.4, -0.2) is 19.3 Å². The predicted octanol–water partition coefficient (Wildman–Crippen LogP) is 6.86. The maximum atomic E-state index is 4.57. The number of benzene rings is 1. The predicted molar refractivity (Wildman–Crippen MR) is 131 cm³/mol. The zero-order valence-electron chi connectivity index (χ0n) is 19.6. The average Bonchev–Trinajstić information content (AvgIpc) is 3.36. The summed E-state index contributed by atoms with van der Waals surface area (Å²) in [6, 6.07) is 8.34. The molecule has 0 amide bonds. The monoisotopic (exact) mass is 407 g/mol. The van der Waals surface area contributed by atoms with Gasteiger partial charge in [-0.3, -0.25) is 9.25 Å². The third-order valence-electron chi connectivity index (χ3n) is 4.00. The fourth-order valence-electron chi connectivity index (χ4n) is 2.75. The van der Waals surface area contributed by atoms with Gasteiger partial charge in [-0.2, -0.15) is 5.10 Å². The molecule has 0 unspecified atom stereocenters. The van der Waals surface area contributed by atoms with Crippen molar-refractivity contribution in [2.45, 2.75) is 54.4 Å². The molecule has 162 valence electrons. The summed E-state index contributed by atoms with van der Waals surface area (Å²) in [6.45, 7) is 16.6. The normalized spacial score (nSPS) is 10.1. The highest BCUT2D eigenvalue weighted by Crippen LogP contribution is 2.25. The molecule has 0 aliphatic rings. The highest BCUT2D eigenvalue weighted by molar-refractivity contribution is 5.75. The number of nitrogens with zero attached hydrogens (tertiary/aromatic N) is 4. The van der Waals surface area contributed by atoms with Crippen LogP contribution in [0.5, 0.6) is 0 Å². The van der Waals surface area contributed by atoms with Gasteiger partial charge in [-0.15, -0.1) is 0 Å². The average molecular weight is 408 g/mol. The third-order valence-corrected chi connectivity index (χ3v) is 4.00. The quantitative estimate of drug-likeness (QED) is 0.485. The van der Waals surface area contributed by atoms with E-state index >= 15 is 0 Å². The van der Waals surface area contributed by atoms with Crippen LogP contribution < -0.4 is 5.32 Å². The Bertz CT molecular complexity index is 931. The topological polar surface area (TPSA) is 47.7 Å². The minimum Gasteiger partial charge on any atom is -0.353 e. The van der Waals surface area contributed by atoms with Crippen LogP contribution in [0.2, 0.25) is 0 Å². The van der Waals surface area contributed by atoms with Gasteiger partial charge in [0.1, 0.15) is 0 Å². The van der Waals surface area contributed by atoms with E-state index in [9.17, 15) is 0 Å². The van der Waals surface area contributed by atoms with Gasteiger partial charge in [0.05, 0.1) is 23.8 Å². The van der Waals surface area contributed by atoms with Crippen LogP contribution in [0, 0.1) is 0 Å². The number of aryl methyl sites for hydroxylation is 2. The second-order valence-corrected chi connectivity index (χ2v) is 6.59. The maximum absolute atomic E-state index is 4.57. The van der Waals surface area contributed by atoms with Gasteiger partial charge in [-0.05, 0) is 31.0 Å². The van der Waals surface area contributed by atoms with E-state index in [1.165, 1.54) is 12.0 Å². The first-order valence-corrected chi connectivity index (χ1v) is 10.8. The second-order valence-electron chi connectivity index (χ2n) is 6.59. The van der Waals surface area contributed by atoms with Crippen LogP contribution >= 0.6 is 0 Å². The number of aromatic nitrogens is 4. The number of hydrogen-bond acceptors (Lipinski definition) is 3. The molecule has 2 aromatic heterocycles. The smallest absolute Gasteiger partial charge is 0.160 e. The molecule has 0 fully saturated rings. The highest BCUT2D eigenvalue weighted by Gasteiger charge is 2.14. The second kappa shape index (κ2) is 13.2. The largest absolute Gasteiger partial charge is 0.353 e. The lowest BCUT2D eigenvalue weighted by Gasteiger charge is -2.12. The molecule has 3 rings (SSSR count). The fourth-order valence-corrected chi connectivity index (χ4v) is 2.75. The van der Waals surface area contributed by atoms with Gasteiger partial charge < -0.3 is 5.32 Å². The van der Waals surface area contributed by atoms with E-state index < -0.39 is 0 Å². The Morgan fingerprint density at radius 3 is 2.43 bits per heavy atom. The van der Waals surface area contributed by atoms with Crippen molar-refractivity contribution in [2.24, 2.45) is 7.05 Å². The molecule has 1 aromatic carbocycles. The molecule has 0 aliphatic carbocycles. The summed E-state index contributed by atoms with van der Waals surface area (Å²) in [5, 5.41) is 7.62. The lowest BCUT2D eigenvalue weighted by atomic mass is 10.1. The van der Waals surface area contributed by atoms with E-state index in [2.05, 4.69) is 54.9 Å². The Hall–Kier alpha value is -3.08. The molecule has 0 saturated carbocycles. The molecule has 30 heavy (non-hydrogen) atoms. The number of anilines is 1. The van der Waals surface area contributed by atoms with Crippen molar-refractivity contribution in [2.75, 3.05) is 5.32 Å². The van der Waals surface area contributed by atoms with Crippen LogP contribution in [0.4, 0.5) is 5.69 Å². The molecule has 5 nitrogen and oxygen atoms in total. The lowest BCUT2D eigenvalue weighted by molar-refractivity contribution is 0.768. The Kier molecular flexibility index (Phi) is 11.0. The molecule has 0 saturated heterocycles. The van der Waals surface area contributed by atoms with Crippen molar-refractivity contribution in [1.82, 2.24) is 19.3 Å². The van der Waals surface area contributed by atoms with Crippen molar-refractivity contribution in [3.05, 3.63) is 66.9 Å². The van der Waals surface area contributed by atoms with Crippen LogP contribution in [0.1, 0.15) is 59.4 Å².